The molecule has 3 nitrogen and oxygen atoms in total. The van der Waals surface area contributed by atoms with Crippen LogP contribution >= 0.6 is 11.8 Å². The summed E-state index contributed by atoms with van der Waals surface area (Å²) in [5.74, 6) is 2.57. The summed E-state index contributed by atoms with van der Waals surface area (Å²) in [6, 6.07) is 0.694. The number of likely N-dealkylation sites (N-methyl/N-ethyl adjacent to an activating group) is 1. The number of hydrogen-bond donors (Lipinski definition) is 1. The quantitative estimate of drug-likeness (QED) is 0.845. The summed E-state index contributed by atoms with van der Waals surface area (Å²) in [4.78, 5) is 5.27. The number of nitrogens with two attached hydrogens (primary N) is 1. The van der Waals surface area contributed by atoms with Gasteiger partial charge in [0, 0.05) is 37.0 Å². The second kappa shape index (κ2) is 6.60. The predicted octanol–water partition coefficient (Wildman–Crippen LogP) is 1.63. The molecule has 0 bridgehead atoms. The molecule has 2 saturated heterocycles. The summed E-state index contributed by atoms with van der Waals surface area (Å²) in [5, 5.41) is 0. The van der Waals surface area contributed by atoms with Crippen LogP contribution in [0.4, 0.5) is 0 Å². The van der Waals surface area contributed by atoms with E-state index in [1.54, 1.807) is 0 Å². The lowest BCUT2D eigenvalue weighted by Gasteiger charge is -2.49. The molecule has 2 unspecified atom stereocenters. The van der Waals surface area contributed by atoms with Crippen molar-refractivity contribution in [3.05, 3.63) is 0 Å². The van der Waals surface area contributed by atoms with Gasteiger partial charge < -0.3 is 10.6 Å². The lowest BCUT2D eigenvalue weighted by molar-refractivity contribution is 0.0545. The molecule has 0 aromatic heterocycles. The molecule has 4 heteroatoms. The minimum absolute atomic E-state index is 0.286. The smallest absolute Gasteiger partial charge is 0.0425 e. The Hall–Kier alpha value is 0.230. The zero-order valence-electron chi connectivity index (χ0n) is 12.0. The van der Waals surface area contributed by atoms with Crippen molar-refractivity contribution in [1.82, 2.24) is 9.80 Å². The Morgan fingerprint density at radius 1 is 1.33 bits per heavy atom. The van der Waals surface area contributed by atoms with Crippen molar-refractivity contribution < 1.29 is 0 Å². The Morgan fingerprint density at radius 2 is 2.17 bits per heavy atom. The number of hydrogen-bond acceptors (Lipinski definition) is 4. The zero-order chi connectivity index (χ0) is 13.0. The Morgan fingerprint density at radius 3 is 2.78 bits per heavy atom. The van der Waals surface area contributed by atoms with Crippen LogP contribution in [0, 0.1) is 0 Å². The highest BCUT2D eigenvalue weighted by Crippen LogP contribution is 2.34. The molecule has 0 radical (unpaired) electrons. The first-order valence-corrected chi connectivity index (χ1v) is 8.60. The topological polar surface area (TPSA) is 32.5 Å². The van der Waals surface area contributed by atoms with Crippen molar-refractivity contribution in [3.8, 4) is 0 Å². The minimum atomic E-state index is 0.286. The van der Waals surface area contributed by atoms with Crippen LogP contribution in [-0.4, -0.2) is 66.1 Å². The highest BCUT2D eigenvalue weighted by Gasteiger charge is 2.40. The van der Waals surface area contributed by atoms with Gasteiger partial charge in [-0.15, -0.1) is 0 Å². The molecule has 18 heavy (non-hydrogen) atoms. The van der Waals surface area contributed by atoms with Crippen molar-refractivity contribution >= 4 is 11.8 Å². The standard InChI is InChI=1S/C14H29N3S/c1-3-13-10-16(2)7-5-8-17(13)14(11-15)6-4-9-18-12-14/h13H,3-12,15H2,1-2H3. The molecule has 2 aliphatic heterocycles. The molecular weight excluding hydrogens is 242 g/mol. The van der Waals surface area contributed by atoms with E-state index in [2.05, 4.69) is 35.5 Å². The van der Waals surface area contributed by atoms with Crippen LogP contribution in [0.15, 0.2) is 0 Å². The van der Waals surface area contributed by atoms with Gasteiger partial charge in [-0.25, -0.2) is 0 Å². The molecule has 0 spiro atoms. The fourth-order valence-electron chi connectivity index (χ4n) is 3.56. The van der Waals surface area contributed by atoms with Gasteiger partial charge in [0.25, 0.3) is 0 Å². The Bertz CT molecular complexity index is 253. The predicted molar refractivity (Wildman–Crippen MR) is 81.2 cm³/mol. The molecule has 0 aliphatic carbocycles. The Kier molecular flexibility index (Phi) is 5.36. The van der Waals surface area contributed by atoms with Crippen LogP contribution < -0.4 is 5.73 Å². The number of nitrogens with zero attached hydrogens (tertiary/aromatic N) is 2. The van der Waals surface area contributed by atoms with Gasteiger partial charge in [0.2, 0.25) is 0 Å². The zero-order valence-corrected chi connectivity index (χ0v) is 12.8. The second-order valence-electron chi connectivity index (χ2n) is 5.96. The molecule has 106 valence electrons. The summed E-state index contributed by atoms with van der Waals surface area (Å²) in [7, 11) is 2.26. The van der Waals surface area contributed by atoms with Crippen molar-refractivity contribution in [3.63, 3.8) is 0 Å². The van der Waals surface area contributed by atoms with Crippen LogP contribution in [0.1, 0.15) is 32.6 Å². The van der Waals surface area contributed by atoms with Gasteiger partial charge in [-0.05, 0) is 45.0 Å². The van der Waals surface area contributed by atoms with Crippen LogP contribution in [0.3, 0.4) is 0 Å². The largest absolute Gasteiger partial charge is 0.329 e. The van der Waals surface area contributed by atoms with E-state index in [1.165, 1.54) is 56.8 Å². The monoisotopic (exact) mass is 271 g/mol. The fraction of sp³-hybridized carbons (Fsp3) is 1.00. The van der Waals surface area contributed by atoms with Gasteiger partial charge in [0.05, 0.1) is 0 Å². The van der Waals surface area contributed by atoms with E-state index in [-0.39, 0.29) is 5.54 Å². The number of thioether (sulfide) groups is 1. The summed E-state index contributed by atoms with van der Waals surface area (Å²) < 4.78 is 0. The van der Waals surface area contributed by atoms with E-state index in [0.717, 1.165) is 6.54 Å². The minimum Gasteiger partial charge on any atom is -0.329 e. The van der Waals surface area contributed by atoms with Crippen LogP contribution in [0.25, 0.3) is 0 Å². The Balaban J connectivity index is 2.15. The third kappa shape index (κ3) is 3.03. The maximum Gasteiger partial charge on any atom is 0.0425 e. The maximum atomic E-state index is 6.20. The van der Waals surface area contributed by atoms with Crippen LogP contribution in [0.2, 0.25) is 0 Å². The van der Waals surface area contributed by atoms with Gasteiger partial charge in [-0.2, -0.15) is 11.8 Å². The SMILES string of the molecule is CCC1CN(C)CCCN1C1(CN)CCCSC1. The van der Waals surface area contributed by atoms with E-state index in [0.29, 0.717) is 6.04 Å². The third-order valence-electron chi connectivity index (χ3n) is 4.66. The van der Waals surface area contributed by atoms with E-state index in [4.69, 9.17) is 5.73 Å². The Labute approximate surface area is 116 Å². The van der Waals surface area contributed by atoms with Gasteiger partial charge in [-0.1, -0.05) is 6.92 Å². The maximum absolute atomic E-state index is 6.20. The van der Waals surface area contributed by atoms with Crippen molar-refractivity contribution in [2.24, 2.45) is 5.73 Å². The van der Waals surface area contributed by atoms with Crippen molar-refractivity contribution in [2.75, 3.05) is 44.7 Å². The summed E-state index contributed by atoms with van der Waals surface area (Å²) in [5.41, 5.74) is 6.49. The van der Waals surface area contributed by atoms with Crippen LogP contribution in [-0.2, 0) is 0 Å². The van der Waals surface area contributed by atoms with E-state index in [1.807, 2.05) is 0 Å². The summed E-state index contributed by atoms with van der Waals surface area (Å²) in [6.07, 6.45) is 5.18. The van der Waals surface area contributed by atoms with Gasteiger partial charge in [0.1, 0.15) is 0 Å². The van der Waals surface area contributed by atoms with Crippen LogP contribution in [0.5, 0.6) is 0 Å². The summed E-state index contributed by atoms with van der Waals surface area (Å²) in [6.45, 7) is 6.85. The van der Waals surface area contributed by atoms with Gasteiger partial charge in [0.15, 0.2) is 0 Å². The van der Waals surface area contributed by atoms with Crippen molar-refractivity contribution in [2.45, 2.75) is 44.2 Å². The van der Waals surface area contributed by atoms with Gasteiger partial charge in [-0.3, -0.25) is 4.90 Å². The van der Waals surface area contributed by atoms with Gasteiger partial charge >= 0.3 is 0 Å². The highest BCUT2D eigenvalue weighted by atomic mass is 32.2. The lowest BCUT2D eigenvalue weighted by atomic mass is 9.90. The first-order chi connectivity index (χ1) is 8.72. The normalized spacial score (nSPS) is 36.5. The number of rotatable bonds is 3. The molecule has 0 aromatic carbocycles. The molecule has 2 N–H and O–H groups in total. The molecule has 0 saturated carbocycles. The molecule has 0 aromatic rings. The average Bonchev–Trinajstić information content (AvgIpc) is 2.61. The first kappa shape index (κ1) is 14.6. The molecule has 2 atom stereocenters. The molecule has 2 rings (SSSR count). The fourth-order valence-corrected chi connectivity index (χ4v) is 4.86. The lowest BCUT2D eigenvalue weighted by Crippen LogP contribution is -2.61. The van der Waals surface area contributed by atoms with Crippen molar-refractivity contribution in [1.29, 1.82) is 0 Å². The molecule has 0 amide bonds. The second-order valence-corrected chi connectivity index (χ2v) is 7.06. The molecule has 2 aliphatic rings. The van der Waals surface area contributed by atoms with E-state index in [9.17, 15) is 0 Å². The highest BCUT2D eigenvalue weighted by molar-refractivity contribution is 7.99. The average molecular weight is 271 g/mol. The summed E-state index contributed by atoms with van der Waals surface area (Å²) >= 11 is 2.10. The molecule has 2 fully saturated rings. The molecule has 2 heterocycles. The molecular formula is C14H29N3S. The van der Waals surface area contributed by atoms with E-state index >= 15 is 0 Å². The van der Waals surface area contributed by atoms with E-state index < -0.39 is 0 Å². The first-order valence-electron chi connectivity index (χ1n) is 7.45. The third-order valence-corrected chi connectivity index (χ3v) is 5.98.